The van der Waals surface area contributed by atoms with Gasteiger partial charge in [0.1, 0.15) is 0 Å². The first-order chi connectivity index (χ1) is 41.4. The van der Waals surface area contributed by atoms with Crippen LogP contribution in [0.25, 0.3) is 22.3 Å². The van der Waals surface area contributed by atoms with Crippen LogP contribution < -0.4 is 19.6 Å². The Labute approximate surface area is 504 Å². The van der Waals surface area contributed by atoms with E-state index in [0.29, 0.717) is 0 Å². The van der Waals surface area contributed by atoms with Crippen molar-refractivity contribution in [1.82, 2.24) is 0 Å². The first-order valence-electron chi connectivity index (χ1n) is 30.9. The second-order valence-corrected chi connectivity index (χ2v) is 25.0. The number of fused-ring (bicyclic) bond motifs is 10. The number of anilines is 8. The van der Waals surface area contributed by atoms with E-state index in [1.165, 1.54) is 157 Å². The van der Waals surface area contributed by atoms with Crippen molar-refractivity contribution in [2.45, 2.75) is 112 Å². The molecule has 0 fully saturated rings. The van der Waals surface area contributed by atoms with Crippen molar-refractivity contribution in [3.05, 3.63) is 308 Å². The van der Waals surface area contributed by atoms with Crippen molar-refractivity contribution in [2.75, 3.05) is 19.6 Å². The molecule has 0 unspecified atom stereocenters. The highest BCUT2D eigenvalue weighted by Gasteiger charge is 2.53. The highest BCUT2D eigenvalue weighted by molar-refractivity contribution is 5.99. The average molecular weight is 1110 g/mol. The van der Waals surface area contributed by atoms with Crippen molar-refractivity contribution in [2.24, 2.45) is 0 Å². The minimum Gasteiger partial charge on any atom is -0.314 e. The van der Waals surface area contributed by atoms with Gasteiger partial charge in [-0.1, -0.05) is 142 Å². The SMILES string of the molecule is CC1=CC=C(N(c2ccc(C)cc2)c2ccc3c(c2)C2(c4cc(N(C5=CC=C(C)CC5)c5ccc(C)cc5)ccc4-3)c3cc(N(C4=CC=C(C)CC4)c4ccc(C)cc4)ccc3-c3ccc(N(C4=CC=C(C)CC4)c4ccc(C)cc4)cc32)CC1. The molecule has 85 heavy (non-hydrogen) atoms. The molecule has 0 radical (unpaired) electrons. The zero-order chi connectivity index (χ0) is 58.1. The maximum Gasteiger partial charge on any atom is 0.0728 e. The van der Waals surface area contributed by atoms with Crippen LogP contribution in [0, 0.1) is 27.7 Å². The first kappa shape index (κ1) is 53.9. The summed E-state index contributed by atoms with van der Waals surface area (Å²) < 4.78 is 0. The van der Waals surface area contributed by atoms with E-state index in [9.17, 15) is 0 Å². The Bertz CT molecular complexity index is 3690. The Morgan fingerprint density at radius 2 is 0.424 bits per heavy atom. The fraction of sp³-hybridized carbons (Fsp3) is 0.210. The zero-order valence-corrected chi connectivity index (χ0v) is 50.7. The normalized spacial score (nSPS) is 16.3. The second kappa shape index (κ2) is 21.8. The molecule has 6 aliphatic rings. The molecule has 14 rings (SSSR count). The number of hydrogen-bond donors (Lipinski definition) is 0. The molecule has 0 bridgehead atoms. The molecule has 0 aromatic heterocycles. The minimum atomic E-state index is -0.771. The van der Waals surface area contributed by atoms with Gasteiger partial charge in [-0.25, -0.2) is 0 Å². The number of allylic oxidation sites excluding steroid dienone is 16. The summed E-state index contributed by atoms with van der Waals surface area (Å²) in [5, 5.41) is 0. The van der Waals surface area contributed by atoms with Crippen LogP contribution >= 0.6 is 0 Å². The summed E-state index contributed by atoms with van der Waals surface area (Å²) in [5.74, 6) is 0. The van der Waals surface area contributed by atoms with E-state index in [1.807, 2.05) is 0 Å². The number of benzene rings is 8. The van der Waals surface area contributed by atoms with Crippen molar-refractivity contribution in [3.63, 3.8) is 0 Å². The Hall–Kier alpha value is -9.12. The van der Waals surface area contributed by atoms with E-state index in [0.717, 1.165) is 51.4 Å². The second-order valence-electron chi connectivity index (χ2n) is 25.0. The number of rotatable bonds is 12. The molecular formula is C81H76N4. The summed E-state index contributed by atoms with van der Waals surface area (Å²) in [6.07, 6.45) is 26.7. The molecule has 4 nitrogen and oxygen atoms in total. The molecule has 0 atom stereocenters. The van der Waals surface area contributed by atoms with E-state index in [4.69, 9.17) is 0 Å². The number of aryl methyl sites for hydroxylation is 4. The fourth-order valence-corrected chi connectivity index (χ4v) is 14.1. The smallest absolute Gasteiger partial charge is 0.0728 e. The Morgan fingerprint density at radius 3 is 0.612 bits per heavy atom. The molecule has 8 aromatic rings. The number of hydrogen-bond acceptors (Lipinski definition) is 4. The Morgan fingerprint density at radius 1 is 0.224 bits per heavy atom. The molecule has 0 N–H and O–H groups in total. The minimum absolute atomic E-state index is 0.771. The third kappa shape index (κ3) is 9.66. The van der Waals surface area contributed by atoms with Gasteiger partial charge >= 0.3 is 0 Å². The average Bonchev–Trinajstić information content (AvgIpc) is 1.63. The molecule has 4 heteroatoms. The summed E-state index contributed by atoms with van der Waals surface area (Å²) in [4.78, 5) is 10.2. The van der Waals surface area contributed by atoms with Crippen LogP contribution in [0.3, 0.4) is 0 Å². The molecular weight excluding hydrogens is 1030 g/mol. The van der Waals surface area contributed by atoms with E-state index in [2.05, 4.69) is 293 Å². The van der Waals surface area contributed by atoms with Crippen molar-refractivity contribution < 1.29 is 0 Å². The quantitative estimate of drug-likeness (QED) is 0.121. The van der Waals surface area contributed by atoms with Crippen LogP contribution in [0.15, 0.2) is 264 Å². The molecule has 0 saturated carbocycles. The maximum atomic E-state index is 2.60. The Kier molecular flexibility index (Phi) is 13.8. The van der Waals surface area contributed by atoms with Gasteiger partial charge in [0.25, 0.3) is 0 Å². The van der Waals surface area contributed by atoms with E-state index in [-0.39, 0.29) is 0 Å². The Balaban J connectivity index is 1.09. The van der Waals surface area contributed by atoms with Crippen LogP contribution in [-0.2, 0) is 5.41 Å². The van der Waals surface area contributed by atoms with E-state index in [1.54, 1.807) is 0 Å². The van der Waals surface area contributed by atoms with Gasteiger partial charge in [0, 0.05) is 68.3 Å². The summed E-state index contributed by atoms with van der Waals surface area (Å²) >= 11 is 0. The van der Waals surface area contributed by atoms with Gasteiger partial charge in [-0.2, -0.15) is 0 Å². The van der Waals surface area contributed by atoms with Crippen LogP contribution in [0.5, 0.6) is 0 Å². The molecule has 8 aromatic carbocycles. The van der Waals surface area contributed by atoms with Crippen LogP contribution in [0.2, 0.25) is 0 Å². The summed E-state index contributed by atoms with van der Waals surface area (Å²) in [7, 11) is 0. The molecule has 0 heterocycles. The lowest BCUT2D eigenvalue weighted by atomic mass is 9.70. The first-order valence-corrected chi connectivity index (χ1v) is 30.9. The third-order valence-corrected chi connectivity index (χ3v) is 18.9. The maximum absolute atomic E-state index is 2.60. The highest BCUT2D eigenvalue weighted by atomic mass is 15.2. The molecule has 1 spiro atoms. The van der Waals surface area contributed by atoms with Crippen molar-refractivity contribution in [3.8, 4) is 22.3 Å². The molecule has 0 amide bonds. The predicted molar refractivity (Wildman–Crippen MR) is 360 cm³/mol. The zero-order valence-electron chi connectivity index (χ0n) is 50.7. The third-order valence-electron chi connectivity index (χ3n) is 18.9. The lowest BCUT2D eigenvalue weighted by Gasteiger charge is -2.36. The lowest BCUT2D eigenvalue weighted by molar-refractivity contribution is 0.789. The standard InChI is InChI=1S/C81H76N4/c1-53-9-25-61(26-10-53)82(62-27-11-54(2)12-28-62)69-41-45-73-74-46-42-70(83(63-29-13-55(3)14-30-63)64-31-15-56(4)16-32-64)50-78(74)81(77(73)49-69)79-51-71(84(65-33-17-57(5)18-34-65)66-35-19-58(6)20-36-66)43-47-75(79)76-48-44-72(52-80(76)81)85(67-37-21-59(7)22-38-67)68-39-23-60(8)24-40-68/h9-11,13-15,17-19,21-23,25-27,29-31,33-35,37-39,41-52H,12,16,20,24,28,32,36,40H2,1-8H3. The van der Waals surface area contributed by atoms with Crippen LogP contribution in [0.1, 0.15) is 124 Å². The molecule has 0 saturated heterocycles. The van der Waals surface area contributed by atoms with Gasteiger partial charge < -0.3 is 19.6 Å². The fourth-order valence-electron chi connectivity index (χ4n) is 14.1. The van der Waals surface area contributed by atoms with Gasteiger partial charge in [-0.3, -0.25) is 0 Å². The largest absolute Gasteiger partial charge is 0.314 e. The van der Waals surface area contributed by atoms with Gasteiger partial charge in [0.05, 0.1) is 5.41 Å². The predicted octanol–water partition coefficient (Wildman–Crippen LogP) is 22.3. The molecule has 420 valence electrons. The monoisotopic (exact) mass is 1100 g/mol. The van der Waals surface area contributed by atoms with Gasteiger partial charge in [0.2, 0.25) is 0 Å². The number of nitrogens with zero attached hydrogens (tertiary/aromatic N) is 4. The highest BCUT2D eigenvalue weighted by Crippen LogP contribution is 2.65. The summed E-state index contributed by atoms with van der Waals surface area (Å²) in [6, 6.07) is 66.5. The van der Waals surface area contributed by atoms with Crippen LogP contribution in [-0.4, -0.2) is 0 Å². The van der Waals surface area contributed by atoms with Crippen molar-refractivity contribution >= 4 is 45.5 Å². The van der Waals surface area contributed by atoms with Gasteiger partial charge in [-0.05, 0) is 273 Å². The summed E-state index contributed by atoms with van der Waals surface area (Å²) in [6.45, 7) is 17.8. The lowest BCUT2D eigenvalue weighted by Crippen LogP contribution is -2.28. The molecule has 6 aliphatic carbocycles. The van der Waals surface area contributed by atoms with E-state index < -0.39 is 5.41 Å². The summed E-state index contributed by atoms with van der Waals surface area (Å²) in [5.41, 5.74) is 34.7. The van der Waals surface area contributed by atoms with E-state index >= 15 is 0 Å². The van der Waals surface area contributed by atoms with Gasteiger partial charge in [0.15, 0.2) is 0 Å². The topological polar surface area (TPSA) is 13.0 Å². The van der Waals surface area contributed by atoms with Crippen molar-refractivity contribution in [1.29, 1.82) is 0 Å². The molecule has 0 aliphatic heterocycles. The van der Waals surface area contributed by atoms with Crippen LogP contribution in [0.4, 0.5) is 45.5 Å². The van der Waals surface area contributed by atoms with Gasteiger partial charge in [-0.15, -0.1) is 0 Å².